The molecule has 23 heteroatoms. The number of nitrogens with zero attached hydrogens (tertiary/aromatic N) is 1. The Hall–Kier alpha value is -4.89. The molecule has 3 aliphatic rings. The topological polar surface area (TPSA) is 298 Å². The lowest BCUT2D eigenvalue weighted by atomic mass is 9.91. The van der Waals surface area contributed by atoms with Crippen LogP contribution in [0, 0.1) is 0 Å². The van der Waals surface area contributed by atoms with Crippen molar-refractivity contribution >= 4 is 55.9 Å². The maximum absolute atomic E-state index is 12.4. The number of fused-ring (bicyclic) bond motifs is 2. The van der Waals surface area contributed by atoms with Gasteiger partial charge in [-0.05, 0) is 67.0 Å². The number of phenolic OH excluding ortho intramolecular Hbond substituents is 1. The normalized spacial score (nSPS) is 19.9. The highest BCUT2D eigenvalue weighted by molar-refractivity contribution is 7.80. The number of phosphoric acid groups is 2. The number of aliphatic hydroxyl groups excluding tert-OH is 2. The zero-order valence-corrected chi connectivity index (χ0v) is 33.3. The number of carbonyl (C=O) groups is 1. The van der Waals surface area contributed by atoms with Crippen molar-refractivity contribution in [3.8, 4) is 28.2 Å². The molecule has 59 heavy (non-hydrogen) atoms. The first-order chi connectivity index (χ1) is 28.0. The van der Waals surface area contributed by atoms with E-state index in [-0.39, 0.29) is 29.3 Å². The molecule has 0 amide bonds. The molecule has 2 aromatic carbocycles. The summed E-state index contributed by atoms with van der Waals surface area (Å²) in [5, 5.41) is 37.6. The van der Waals surface area contributed by atoms with E-state index in [2.05, 4.69) is 19.5 Å². The molecule has 1 aliphatic carbocycles. The summed E-state index contributed by atoms with van der Waals surface area (Å²) in [5.74, 6) is 0.270. The zero-order chi connectivity index (χ0) is 42.5. The monoisotopic (exact) mass is 876 g/mol. The largest absolute Gasteiger partial charge is 0.508 e. The van der Waals surface area contributed by atoms with Crippen molar-refractivity contribution in [2.24, 2.45) is 0 Å². The molecule has 1 fully saturated rings. The first kappa shape index (κ1) is 43.7. The van der Waals surface area contributed by atoms with Crippen LogP contribution in [0.25, 0.3) is 33.4 Å². The predicted octanol–water partition coefficient (Wildman–Crippen LogP) is 3.35. The Morgan fingerprint density at radius 3 is 2.42 bits per heavy atom. The van der Waals surface area contributed by atoms with Crippen LogP contribution < -0.4 is 27.3 Å². The molecule has 0 bridgehead atoms. The first-order valence-electron chi connectivity index (χ1n) is 17.9. The van der Waals surface area contributed by atoms with Crippen LogP contribution in [0.3, 0.4) is 0 Å². The van der Waals surface area contributed by atoms with E-state index in [1.165, 1.54) is 24.3 Å². The van der Waals surface area contributed by atoms with Crippen LogP contribution in [-0.2, 0) is 27.2 Å². The van der Waals surface area contributed by atoms with E-state index in [9.17, 15) is 53.4 Å². The minimum absolute atomic E-state index is 0.0257. The smallest absolute Gasteiger partial charge is 0.481 e. The number of carbonyl (C=O) groups excluding carboxylic acids is 1. The summed E-state index contributed by atoms with van der Waals surface area (Å²) in [6.07, 6.45) is -2.60. The number of nitrogens with one attached hydrogen (secondary N) is 3. The van der Waals surface area contributed by atoms with E-state index in [0.29, 0.717) is 76.8 Å². The number of unbranched alkanes of at least 4 members (excludes halogenated alkanes) is 3. The molecule has 20 nitrogen and oxygen atoms in total. The van der Waals surface area contributed by atoms with Crippen LogP contribution in [-0.4, -0.2) is 84.1 Å². The number of aromatic amines is 1. The van der Waals surface area contributed by atoms with Crippen molar-refractivity contribution in [1.29, 1.82) is 0 Å². The van der Waals surface area contributed by atoms with Crippen molar-refractivity contribution in [3.05, 3.63) is 103 Å². The van der Waals surface area contributed by atoms with E-state index in [4.69, 9.17) is 25.9 Å². The van der Waals surface area contributed by atoms with Gasteiger partial charge < -0.3 is 44.9 Å². The molecule has 6 rings (SSSR count). The van der Waals surface area contributed by atoms with Crippen molar-refractivity contribution in [1.82, 2.24) is 14.9 Å². The fourth-order valence-corrected chi connectivity index (χ4v) is 8.66. The van der Waals surface area contributed by atoms with Crippen LogP contribution in [0.1, 0.15) is 42.3 Å². The number of benzene rings is 3. The van der Waals surface area contributed by atoms with E-state index in [1.54, 1.807) is 30.3 Å². The second-order valence-corrected chi connectivity index (χ2v) is 16.7. The number of aromatic hydroxyl groups is 1. The Kier molecular flexibility index (Phi) is 13.8. The number of rotatable bonds is 17. The summed E-state index contributed by atoms with van der Waals surface area (Å²) in [6, 6.07) is 15.1. The number of anilines is 1. The maximum atomic E-state index is 12.4. The summed E-state index contributed by atoms with van der Waals surface area (Å²) < 4.78 is 50.5. The lowest BCUT2D eigenvalue weighted by Crippen LogP contribution is -2.37. The van der Waals surface area contributed by atoms with E-state index in [0.717, 1.165) is 16.8 Å². The second-order valence-electron chi connectivity index (χ2n) is 13.2. The van der Waals surface area contributed by atoms with Gasteiger partial charge in [0.05, 0.1) is 13.2 Å². The summed E-state index contributed by atoms with van der Waals surface area (Å²) in [7, 11) is -10.3. The number of thiocarbonyl (C=S) groups is 1. The van der Waals surface area contributed by atoms with Gasteiger partial charge in [0.2, 0.25) is 0 Å². The highest BCUT2D eigenvalue weighted by atomic mass is 32.1. The van der Waals surface area contributed by atoms with Gasteiger partial charge in [0, 0.05) is 58.7 Å². The van der Waals surface area contributed by atoms with Crippen molar-refractivity contribution < 1.29 is 61.5 Å². The number of phenols is 1. The third kappa shape index (κ3) is 10.8. The number of hydrogen-bond acceptors (Lipinski definition) is 15. The fourth-order valence-electron chi connectivity index (χ4n) is 6.32. The van der Waals surface area contributed by atoms with E-state index >= 15 is 0 Å². The molecule has 4 unspecified atom stereocenters. The lowest BCUT2D eigenvalue weighted by molar-refractivity contribution is -0.0543. The maximum Gasteiger partial charge on any atom is 0.481 e. The van der Waals surface area contributed by atoms with Gasteiger partial charge in [-0.25, -0.2) is 13.9 Å². The van der Waals surface area contributed by atoms with Crippen LogP contribution in [0.5, 0.6) is 5.75 Å². The lowest BCUT2D eigenvalue weighted by Gasteiger charge is -2.19. The highest BCUT2D eigenvalue weighted by Gasteiger charge is 2.46. The third-order valence-corrected chi connectivity index (χ3v) is 11.9. The average Bonchev–Trinajstić information content (AvgIpc) is 3.45. The molecule has 3 aromatic rings. The van der Waals surface area contributed by atoms with Gasteiger partial charge in [-0.2, -0.15) is 4.31 Å². The summed E-state index contributed by atoms with van der Waals surface area (Å²) >= 11 is 5.42. The number of aliphatic hydroxyl groups is 2. The Morgan fingerprint density at radius 1 is 0.915 bits per heavy atom. The first-order valence-corrected chi connectivity index (χ1v) is 21.3. The molecular weight excluding hydrogens is 838 g/mol. The minimum atomic E-state index is -5.26. The van der Waals surface area contributed by atoms with Gasteiger partial charge in [0.15, 0.2) is 23.1 Å². The minimum Gasteiger partial charge on any atom is -0.508 e. The van der Waals surface area contributed by atoms with Crippen LogP contribution in [0.4, 0.5) is 5.69 Å². The van der Waals surface area contributed by atoms with E-state index in [1.807, 2.05) is 4.98 Å². The molecule has 8 N–H and O–H groups in total. The summed E-state index contributed by atoms with van der Waals surface area (Å²) in [5.41, 5.74) is 1.09. The predicted molar refractivity (Wildman–Crippen MR) is 214 cm³/mol. The number of aromatic nitrogens is 2. The third-order valence-electron chi connectivity index (χ3n) is 9.06. The number of ether oxygens (including phenoxy) is 1. The molecule has 1 aromatic heterocycles. The molecule has 1 saturated heterocycles. The fraction of sp³-hybridized carbons (Fsp3) is 0.306. The standard InChI is InChI=1S/C36H38N4O16P2S/c41-18-20-15-21(5-8-24(20)31-25-9-6-22(42)16-27(25)54-28-17-23(43)7-10-26(28)31)38-35(59)37-12-3-1-2-4-14-52-57(48,49)56-58(50,51)53-19-29-32(45)33(46)34(55-29)40-13-11-30(44)39-36(40)47/h5-11,13,15-18,29,32-34,42,45-46H,1-4,12,14,19H2,(H,48,49)(H,50,51)(H2,37,38,59)(H,39,44,47)/t29-,32?,33?,34-/m1/s1. The van der Waals surface area contributed by atoms with Gasteiger partial charge in [-0.1, -0.05) is 18.9 Å². The van der Waals surface area contributed by atoms with Gasteiger partial charge >= 0.3 is 21.3 Å². The van der Waals surface area contributed by atoms with E-state index < -0.39 is 58.0 Å². The average molecular weight is 877 g/mol. The number of hydrogen-bond donors (Lipinski definition) is 8. The molecule has 3 heterocycles. The Morgan fingerprint density at radius 2 is 1.66 bits per heavy atom. The Bertz CT molecular complexity index is 2600. The van der Waals surface area contributed by atoms with Crippen molar-refractivity contribution in [2.45, 2.75) is 50.2 Å². The molecule has 6 atom stereocenters. The SMILES string of the molecule is O=Cc1cc(NC(=S)NCCCCCCOP(=O)(O)OP(=O)(O)OC[C@H]2O[C@@H](n3ccc(=O)[nH]c3=O)C(O)C2O)ccc1-c1c2ccc(=O)cc-2oc2cc(O)ccc12. The van der Waals surface area contributed by atoms with Crippen molar-refractivity contribution in [2.75, 3.05) is 25.1 Å². The molecule has 0 spiro atoms. The van der Waals surface area contributed by atoms with Crippen LogP contribution in [0.2, 0.25) is 0 Å². The molecular formula is C36H38N4O16P2S. The van der Waals surface area contributed by atoms with Gasteiger partial charge in [0.25, 0.3) is 5.56 Å². The van der Waals surface area contributed by atoms with Gasteiger partial charge in [-0.3, -0.25) is 33.0 Å². The summed E-state index contributed by atoms with van der Waals surface area (Å²) in [6.45, 7) is -0.760. The number of aldehydes is 1. The molecule has 0 saturated carbocycles. The Labute approximate surface area is 338 Å². The van der Waals surface area contributed by atoms with Gasteiger partial charge in [-0.15, -0.1) is 0 Å². The van der Waals surface area contributed by atoms with Crippen LogP contribution in [0.15, 0.2) is 85.7 Å². The second kappa shape index (κ2) is 18.6. The summed E-state index contributed by atoms with van der Waals surface area (Å²) in [4.78, 5) is 69.6. The number of H-pyrrole nitrogens is 1. The van der Waals surface area contributed by atoms with Crippen molar-refractivity contribution in [3.63, 3.8) is 0 Å². The molecule has 314 valence electrons. The molecule has 2 aliphatic heterocycles. The quantitative estimate of drug-likeness (QED) is 0.0218. The molecule has 0 radical (unpaired) electrons. The zero-order valence-electron chi connectivity index (χ0n) is 30.7. The highest BCUT2D eigenvalue weighted by Crippen LogP contribution is 2.60. The Balaban J connectivity index is 0.913. The van der Waals surface area contributed by atoms with Gasteiger partial charge in [0.1, 0.15) is 35.4 Å². The number of phosphoric ester groups is 2. The van der Waals surface area contributed by atoms with Crippen LogP contribution >= 0.6 is 27.9 Å².